The van der Waals surface area contributed by atoms with E-state index in [0.717, 1.165) is 0 Å². The molecule has 66 valence electrons. The van der Waals surface area contributed by atoms with Crippen molar-refractivity contribution in [1.29, 1.82) is 0 Å². The zero-order valence-corrected chi connectivity index (χ0v) is 4.94. The van der Waals surface area contributed by atoms with Crippen LogP contribution in [0.2, 0.25) is 0 Å². The Bertz CT molecular complexity index is 92.4. The topological polar surface area (TPSA) is 201 Å². The van der Waals surface area contributed by atoms with E-state index >= 15 is 0 Å². The second-order valence-corrected chi connectivity index (χ2v) is 1.34. The summed E-state index contributed by atoms with van der Waals surface area (Å²) >= 11 is 0. The first-order valence-electron chi connectivity index (χ1n) is 0.698. The fraction of sp³-hybridized carbons (Fsp3) is 0. The number of rotatable bonds is 0. The molecular formula is H11NaO8S. The van der Waals surface area contributed by atoms with Gasteiger partial charge in [0.2, 0.25) is 0 Å². The standard InChI is InChI=1S/Na.H2O4S.4H2O.H/c;1-5(2,3)4;;;;;/h;(H2,1,2,3,4);4*1H2;. The predicted molar refractivity (Wildman–Crippen MR) is 35.8 cm³/mol. The van der Waals surface area contributed by atoms with E-state index < -0.39 is 10.4 Å². The predicted octanol–water partition coefficient (Wildman–Crippen LogP) is -4.60. The molecule has 0 spiro atoms. The van der Waals surface area contributed by atoms with Gasteiger partial charge in [0.05, 0.1) is 0 Å². The van der Waals surface area contributed by atoms with Crippen LogP contribution in [0.1, 0.15) is 0 Å². The molecule has 0 rings (SSSR count). The van der Waals surface area contributed by atoms with Crippen molar-refractivity contribution < 1.29 is 39.4 Å². The molecule has 0 amide bonds. The van der Waals surface area contributed by atoms with Gasteiger partial charge in [-0.25, -0.2) is 0 Å². The Morgan fingerprint density at radius 2 is 0.800 bits per heavy atom. The molecule has 0 fully saturated rings. The zero-order valence-electron chi connectivity index (χ0n) is 4.12. The summed E-state index contributed by atoms with van der Waals surface area (Å²) < 4.78 is 31.6. The molecule has 0 saturated heterocycles. The van der Waals surface area contributed by atoms with Crippen LogP contribution in [-0.2, 0) is 10.4 Å². The molecule has 8 nitrogen and oxygen atoms in total. The zero-order chi connectivity index (χ0) is 4.50. The van der Waals surface area contributed by atoms with Crippen molar-refractivity contribution in [1.82, 2.24) is 0 Å². The van der Waals surface area contributed by atoms with Gasteiger partial charge in [0, 0.05) is 0 Å². The third-order valence-corrected chi connectivity index (χ3v) is 0. The van der Waals surface area contributed by atoms with E-state index in [1.54, 1.807) is 0 Å². The summed E-state index contributed by atoms with van der Waals surface area (Å²) in [6, 6.07) is 0. The molecule has 10 N–H and O–H groups in total. The minimum absolute atomic E-state index is 0. The van der Waals surface area contributed by atoms with Gasteiger partial charge in [-0.05, 0) is 0 Å². The average molecular weight is 194 g/mol. The molecule has 0 aliphatic heterocycles. The Labute approximate surface area is 79.3 Å². The number of hydrogen-bond acceptors (Lipinski definition) is 2. The van der Waals surface area contributed by atoms with Crippen LogP contribution in [0.25, 0.3) is 0 Å². The summed E-state index contributed by atoms with van der Waals surface area (Å²) in [5.41, 5.74) is 0. The Hall–Kier alpha value is 0.710. The summed E-state index contributed by atoms with van der Waals surface area (Å²) in [6.07, 6.45) is 0. The van der Waals surface area contributed by atoms with Crippen LogP contribution in [0.4, 0.5) is 0 Å². The maximum absolute atomic E-state index is 8.74. The molecule has 10 heteroatoms. The monoisotopic (exact) mass is 194 g/mol. The fourth-order valence-corrected chi connectivity index (χ4v) is 0. The second kappa shape index (κ2) is 16.4. The van der Waals surface area contributed by atoms with E-state index in [4.69, 9.17) is 17.5 Å². The molecule has 0 aromatic rings. The first-order chi connectivity index (χ1) is 2.00. The molecule has 0 bridgehead atoms. The van der Waals surface area contributed by atoms with Gasteiger partial charge in [0.25, 0.3) is 0 Å². The van der Waals surface area contributed by atoms with Crippen molar-refractivity contribution >= 4 is 40.0 Å². The summed E-state index contributed by atoms with van der Waals surface area (Å²) in [5.74, 6) is 0. The van der Waals surface area contributed by atoms with Gasteiger partial charge < -0.3 is 21.9 Å². The summed E-state index contributed by atoms with van der Waals surface area (Å²) in [5, 5.41) is 0. The Balaban J connectivity index is -0.00000000800. The van der Waals surface area contributed by atoms with Crippen LogP contribution >= 0.6 is 0 Å². The first-order valence-corrected chi connectivity index (χ1v) is 2.10. The Morgan fingerprint density at radius 3 is 0.800 bits per heavy atom. The molecule has 0 aromatic heterocycles. The van der Waals surface area contributed by atoms with Gasteiger partial charge in [0.15, 0.2) is 0 Å². The molecule has 0 radical (unpaired) electrons. The summed E-state index contributed by atoms with van der Waals surface area (Å²) in [6.45, 7) is 0. The maximum atomic E-state index is 8.74. The average Bonchev–Trinajstić information content (AvgIpc) is 0.722. The van der Waals surface area contributed by atoms with Gasteiger partial charge in [-0.1, -0.05) is 0 Å². The van der Waals surface area contributed by atoms with Gasteiger partial charge in [-0.2, -0.15) is 8.42 Å². The van der Waals surface area contributed by atoms with Crippen LogP contribution < -0.4 is 0 Å². The molecular weight excluding hydrogens is 183 g/mol. The van der Waals surface area contributed by atoms with Crippen LogP contribution in [0.15, 0.2) is 0 Å². The van der Waals surface area contributed by atoms with Crippen molar-refractivity contribution in [2.45, 2.75) is 0 Å². The van der Waals surface area contributed by atoms with Crippen molar-refractivity contribution in [3.8, 4) is 0 Å². The SMILES string of the molecule is O.O.O.O.O=S(=O)(O)O.[NaH]. The van der Waals surface area contributed by atoms with Gasteiger partial charge in [-0.15, -0.1) is 0 Å². The van der Waals surface area contributed by atoms with E-state index in [0.29, 0.717) is 0 Å². The van der Waals surface area contributed by atoms with Crippen LogP contribution in [-0.4, -0.2) is 69.0 Å². The van der Waals surface area contributed by atoms with Gasteiger partial charge in [0.1, 0.15) is 0 Å². The van der Waals surface area contributed by atoms with Crippen LogP contribution in [0.3, 0.4) is 0 Å². The van der Waals surface area contributed by atoms with E-state index in [9.17, 15) is 0 Å². The molecule has 0 saturated carbocycles. The molecule has 0 aliphatic rings. The van der Waals surface area contributed by atoms with E-state index in [1.165, 1.54) is 0 Å². The molecule has 0 heterocycles. The Kier molecular flexibility index (Phi) is 74.5. The number of hydrogen-bond donors (Lipinski definition) is 2. The van der Waals surface area contributed by atoms with Crippen molar-refractivity contribution in [2.75, 3.05) is 0 Å². The van der Waals surface area contributed by atoms with E-state index in [1.807, 2.05) is 0 Å². The fourth-order valence-electron chi connectivity index (χ4n) is 0. The third-order valence-electron chi connectivity index (χ3n) is 0. The third kappa shape index (κ3) is 1030. The normalized spacial score (nSPS) is 5.80. The van der Waals surface area contributed by atoms with Gasteiger partial charge >= 0.3 is 40.0 Å². The molecule has 0 unspecified atom stereocenters. The van der Waals surface area contributed by atoms with Crippen LogP contribution in [0.5, 0.6) is 0 Å². The minimum atomic E-state index is -4.67. The first kappa shape index (κ1) is 45.5. The molecule has 0 aromatic carbocycles. The quantitative estimate of drug-likeness (QED) is 0.288. The molecule has 0 aliphatic carbocycles. The Morgan fingerprint density at radius 1 is 0.800 bits per heavy atom. The van der Waals surface area contributed by atoms with Gasteiger partial charge in [-0.3, -0.25) is 9.11 Å². The van der Waals surface area contributed by atoms with Crippen molar-refractivity contribution in [3.05, 3.63) is 0 Å². The summed E-state index contributed by atoms with van der Waals surface area (Å²) in [4.78, 5) is 0. The van der Waals surface area contributed by atoms with Crippen molar-refractivity contribution in [2.24, 2.45) is 0 Å². The molecule has 10 heavy (non-hydrogen) atoms. The van der Waals surface area contributed by atoms with E-state index in [2.05, 4.69) is 0 Å². The summed E-state index contributed by atoms with van der Waals surface area (Å²) in [7, 11) is -4.67. The van der Waals surface area contributed by atoms with Crippen LogP contribution in [0, 0.1) is 0 Å². The van der Waals surface area contributed by atoms with E-state index in [-0.39, 0.29) is 51.5 Å². The molecule has 0 atom stereocenters. The second-order valence-electron chi connectivity index (χ2n) is 0.448. The van der Waals surface area contributed by atoms with Crippen molar-refractivity contribution in [3.63, 3.8) is 0 Å².